The first kappa shape index (κ1) is 13.2. The van der Waals surface area contributed by atoms with Crippen LogP contribution in [0.15, 0.2) is 18.2 Å². The van der Waals surface area contributed by atoms with Crippen molar-refractivity contribution in [3.05, 3.63) is 29.6 Å². The zero-order valence-electron chi connectivity index (χ0n) is 10.1. The summed E-state index contributed by atoms with van der Waals surface area (Å²) >= 11 is 5.42. The number of hydrogen-bond donors (Lipinski definition) is 0. The Morgan fingerprint density at radius 3 is 2.59 bits per heavy atom. The van der Waals surface area contributed by atoms with Crippen LogP contribution >= 0.6 is 27.7 Å². The van der Waals surface area contributed by atoms with Crippen molar-refractivity contribution in [2.75, 3.05) is 18.0 Å². The summed E-state index contributed by atoms with van der Waals surface area (Å²) in [6.07, 6.45) is 0. The lowest BCUT2D eigenvalue weighted by atomic mass is 10.1. The minimum absolute atomic E-state index is 0.103. The number of para-hydroxylation sites is 1. The number of thioether (sulfide) groups is 1. The van der Waals surface area contributed by atoms with Crippen LogP contribution in [0, 0.1) is 5.82 Å². The molecule has 0 N–H and O–H groups in total. The van der Waals surface area contributed by atoms with E-state index in [0.29, 0.717) is 15.8 Å². The second-order valence-corrected chi connectivity index (χ2v) is 6.99. The molecule has 0 spiro atoms. The highest BCUT2D eigenvalue weighted by atomic mass is 79.9. The van der Waals surface area contributed by atoms with E-state index in [1.54, 1.807) is 12.1 Å². The van der Waals surface area contributed by atoms with Crippen LogP contribution in [0.1, 0.15) is 19.4 Å². The van der Waals surface area contributed by atoms with Gasteiger partial charge in [0.25, 0.3) is 0 Å². The van der Waals surface area contributed by atoms with E-state index >= 15 is 0 Å². The Hall–Kier alpha value is -0.220. The fourth-order valence-electron chi connectivity index (χ4n) is 2.38. The molecule has 2 atom stereocenters. The fourth-order valence-corrected chi connectivity index (χ4v) is 4.16. The predicted molar refractivity (Wildman–Crippen MR) is 77.8 cm³/mol. The maximum absolute atomic E-state index is 14.0. The van der Waals surface area contributed by atoms with Crippen LogP contribution in [0.5, 0.6) is 0 Å². The molecule has 0 radical (unpaired) electrons. The van der Waals surface area contributed by atoms with E-state index in [4.69, 9.17) is 0 Å². The number of rotatable bonds is 2. The van der Waals surface area contributed by atoms with Crippen molar-refractivity contribution in [1.82, 2.24) is 0 Å². The zero-order chi connectivity index (χ0) is 12.4. The Morgan fingerprint density at radius 2 is 2.00 bits per heavy atom. The largest absolute Gasteiger partial charge is 0.367 e. The third-order valence-corrected chi connectivity index (χ3v) is 4.78. The summed E-state index contributed by atoms with van der Waals surface area (Å²) < 4.78 is 14.0. The lowest BCUT2D eigenvalue weighted by Crippen LogP contribution is -2.41. The molecule has 2 rings (SSSR count). The van der Waals surface area contributed by atoms with E-state index in [1.807, 2.05) is 17.8 Å². The van der Waals surface area contributed by atoms with E-state index < -0.39 is 0 Å². The van der Waals surface area contributed by atoms with Gasteiger partial charge in [-0.2, -0.15) is 11.8 Å². The third-order valence-electron chi connectivity index (χ3n) is 2.95. The molecule has 1 aliphatic heterocycles. The van der Waals surface area contributed by atoms with E-state index in [0.717, 1.165) is 24.3 Å². The molecular formula is C13H17BrFNS. The number of hydrogen-bond acceptors (Lipinski definition) is 2. The van der Waals surface area contributed by atoms with Crippen LogP contribution in [0.25, 0.3) is 0 Å². The number of nitrogens with zero attached hydrogens (tertiary/aromatic N) is 1. The maximum Gasteiger partial charge on any atom is 0.146 e. The van der Waals surface area contributed by atoms with Crippen molar-refractivity contribution in [1.29, 1.82) is 0 Å². The van der Waals surface area contributed by atoms with Crippen LogP contribution < -0.4 is 4.90 Å². The van der Waals surface area contributed by atoms with Gasteiger partial charge < -0.3 is 4.90 Å². The van der Waals surface area contributed by atoms with Gasteiger partial charge in [-0.1, -0.05) is 41.9 Å². The molecule has 0 bridgehead atoms. The second-order valence-electron chi connectivity index (χ2n) is 4.54. The number of anilines is 1. The van der Waals surface area contributed by atoms with Crippen LogP contribution in [-0.2, 0) is 5.33 Å². The average molecular weight is 318 g/mol. The summed E-state index contributed by atoms with van der Waals surface area (Å²) in [6, 6.07) is 5.32. The molecule has 17 heavy (non-hydrogen) atoms. The molecule has 0 amide bonds. The maximum atomic E-state index is 14.0. The van der Waals surface area contributed by atoms with Gasteiger partial charge in [-0.15, -0.1) is 0 Å². The standard InChI is InChI=1S/C13H17BrFNS/c1-9-7-16(8-10(2)17-9)13-11(6-14)4-3-5-12(13)15/h3-5,9-10H,6-8H2,1-2H3. The van der Waals surface area contributed by atoms with Crippen LogP contribution in [0.2, 0.25) is 0 Å². The molecule has 94 valence electrons. The van der Waals surface area contributed by atoms with Gasteiger partial charge in [0, 0.05) is 28.9 Å². The smallest absolute Gasteiger partial charge is 0.146 e. The average Bonchev–Trinajstić information content (AvgIpc) is 2.27. The summed E-state index contributed by atoms with van der Waals surface area (Å²) in [7, 11) is 0. The normalized spacial score (nSPS) is 25.1. The summed E-state index contributed by atoms with van der Waals surface area (Å²) in [5.74, 6) is -0.103. The monoisotopic (exact) mass is 317 g/mol. The fraction of sp³-hybridized carbons (Fsp3) is 0.538. The highest BCUT2D eigenvalue weighted by Gasteiger charge is 2.25. The molecule has 1 heterocycles. The zero-order valence-corrected chi connectivity index (χ0v) is 12.5. The van der Waals surface area contributed by atoms with Gasteiger partial charge >= 0.3 is 0 Å². The van der Waals surface area contributed by atoms with E-state index in [2.05, 4.69) is 34.7 Å². The van der Waals surface area contributed by atoms with E-state index in [-0.39, 0.29) is 5.82 Å². The molecule has 1 saturated heterocycles. The van der Waals surface area contributed by atoms with Gasteiger partial charge in [-0.05, 0) is 11.6 Å². The first-order valence-electron chi connectivity index (χ1n) is 5.85. The quantitative estimate of drug-likeness (QED) is 0.757. The highest BCUT2D eigenvalue weighted by Crippen LogP contribution is 2.33. The molecule has 0 aliphatic carbocycles. The number of halogens is 2. The summed E-state index contributed by atoms with van der Waals surface area (Å²) in [4.78, 5) is 2.19. The second kappa shape index (κ2) is 5.61. The lowest BCUT2D eigenvalue weighted by Gasteiger charge is -2.37. The SMILES string of the molecule is CC1CN(c2c(F)cccc2CBr)CC(C)S1. The molecule has 1 aliphatic rings. The van der Waals surface area contributed by atoms with Gasteiger partial charge in [0.2, 0.25) is 0 Å². The third kappa shape index (κ3) is 2.97. The molecule has 4 heteroatoms. The van der Waals surface area contributed by atoms with Gasteiger partial charge in [0.15, 0.2) is 0 Å². The van der Waals surface area contributed by atoms with Crippen molar-refractivity contribution >= 4 is 33.4 Å². The van der Waals surface area contributed by atoms with Crippen LogP contribution in [-0.4, -0.2) is 23.6 Å². The van der Waals surface area contributed by atoms with Gasteiger partial charge in [0.05, 0.1) is 5.69 Å². The first-order valence-corrected chi connectivity index (χ1v) is 7.92. The molecule has 1 nitrogen and oxygen atoms in total. The summed E-state index contributed by atoms with van der Waals surface area (Å²) in [5.41, 5.74) is 1.82. The predicted octanol–water partition coefficient (Wildman–Crippen LogP) is 4.05. The summed E-state index contributed by atoms with van der Waals surface area (Å²) in [5, 5.41) is 1.81. The number of benzene rings is 1. The van der Waals surface area contributed by atoms with E-state index in [1.165, 1.54) is 0 Å². The van der Waals surface area contributed by atoms with Crippen molar-refractivity contribution in [2.24, 2.45) is 0 Å². The minimum atomic E-state index is -0.103. The molecule has 1 aromatic rings. The lowest BCUT2D eigenvalue weighted by molar-refractivity contribution is 0.609. The minimum Gasteiger partial charge on any atom is -0.367 e. The van der Waals surface area contributed by atoms with Crippen LogP contribution in [0.3, 0.4) is 0 Å². The molecule has 1 aromatic carbocycles. The van der Waals surface area contributed by atoms with Crippen molar-refractivity contribution in [2.45, 2.75) is 29.7 Å². The van der Waals surface area contributed by atoms with Gasteiger partial charge in [-0.3, -0.25) is 0 Å². The molecule has 0 aromatic heterocycles. The van der Waals surface area contributed by atoms with Gasteiger partial charge in [0.1, 0.15) is 5.82 Å². The molecule has 2 unspecified atom stereocenters. The van der Waals surface area contributed by atoms with E-state index in [9.17, 15) is 4.39 Å². The first-order chi connectivity index (χ1) is 8.11. The molecular weight excluding hydrogens is 301 g/mol. The molecule has 0 saturated carbocycles. The van der Waals surface area contributed by atoms with Crippen LogP contribution in [0.4, 0.5) is 10.1 Å². The van der Waals surface area contributed by atoms with Crippen molar-refractivity contribution in [3.8, 4) is 0 Å². The Bertz CT molecular complexity index is 389. The highest BCUT2D eigenvalue weighted by molar-refractivity contribution is 9.08. The topological polar surface area (TPSA) is 3.24 Å². The van der Waals surface area contributed by atoms with Crippen molar-refractivity contribution < 1.29 is 4.39 Å². The molecule has 1 fully saturated rings. The van der Waals surface area contributed by atoms with Gasteiger partial charge in [-0.25, -0.2) is 4.39 Å². The van der Waals surface area contributed by atoms with Crippen molar-refractivity contribution in [3.63, 3.8) is 0 Å². The Labute approximate surface area is 115 Å². The number of alkyl halides is 1. The Balaban J connectivity index is 2.32. The Kier molecular flexibility index (Phi) is 4.36. The summed E-state index contributed by atoms with van der Waals surface area (Å²) in [6.45, 7) is 6.27. The Morgan fingerprint density at radius 1 is 1.35 bits per heavy atom.